The smallest absolute Gasteiger partial charge is 0.127 e. The molecule has 0 aromatic heterocycles. The molecular weight excluding hydrogens is 196 g/mol. The second kappa shape index (κ2) is 4.11. The fourth-order valence-corrected chi connectivity index (χ4v) is 2.84. The summed E-state index contributed by atoms with van der Waals surface area (Å²) in [4.78, 5) is 0.848. The standard InChI is InChI=1S/C10H14N2OS/c11-9-3-5-10(6-4-9)14(13)12-7-1-2-8-12/h3-6H,1-2,7-8,11H2. The van der Waals surface area contributed by atoms with E-state index in [0.717, 1.165) is 30.8 Å². The van der Waals surface area contributed by atoms with Crippen LogP contribution in [-0.4, -0.2) is 21.6 Å². The van der Waals surface area contributed by atoms with Gasteiger partial charge in [0.15, 0.2) is 0 Å². The van der Waals surface area contributed by atoms with E-state index in [4.69, 9.17) is 5.73 Å². The van der Waals surface area contributed by atoms with Gasteiger partial charge in [-0.25, -0.2) is 8.51 Å². The van der Waals surface area contributed by atoms with Gasteiger partial charge in [-0.2, -0.15) is 0 Å². The zero-order valence-electron chi connectivity index (χ0n) is 7.98. The van der Waals surface area contributed by atoms with Crippen LogP contribution in [0.3, 0.4) is 0 Å². The van der Waals surface area contributed by atoms with Crippen LogP contribution in [-0.2, 0) is 11.0 Å². The maximum Gasteiger partial charge on any atom is 0.127 e. The van der Waals surface area contributed by atoms with Crippen LogP contribution in [0.25, 0.3) is 0 Å². The van der Waals surface area contributed by atoms with Gasteiger partial charge < -0.3 is 5.73 Å². The van der Waals surface area contributed by atoms with Gasteiger partial charge in [-0.1, -0.05) is 0 Å². The lowest BCUT2D eigenvalue weighted by atomic mass is 10.3. The van der Waals surface area contributed by atoms with Crippen LogP contribution < -0.4 is 5.73 Å². The summed E-state index contributed by atoms with van der Waals surface area (Å²) in [7, 11) is -0.989. The lowest BCUT2D eigenvalue weighted by molar-refractivity contribution is 0.536. The summed E-state index contributed by atoms with van der Waals surface area (Å²) in [5.41, 5.74) is 6.28. The van der Waals surface area contributed by atoms with Crippen LogP contribution in [0.15, 0.2) is 29.2 Å². The summed E-state index contributed by atoms with van der Waals surface area (Å²) in [5, 5.41) is 0. The molecule has 1 unspecified atom stereocenters. The van der Waals surface area contributed by atoms with E-state index in [2.05, 4.69) is 0 Å². The Kier molecular flexibility index (Phi) is 2.84. The van der Waals surface area contributed by atoms with Gasteiger partial charge in [0.2, 0.25) is 0 Å². The van der Waals surface area contributed by atoms with Gasteiger partial charge in [0.25, 0.3) is 0 Å². The molecule has 1 saturated heterocycles. The van der Waals surface area contributed by atoms with Crippen molar-refractivity contribution in [3.63, 3.8) is 0 Å². The Morgan fingerprint density at radius 2 is 1.71 bits per heavy atom. The molecule has 0 spiro atoms. The van der Waals surface area contributed by atoms with E-state index in [1.54, 1.807) is 12.1 Å². The van der Waals surface area contributed by atoms with E-state index in [-0.39, 0.29) is 0 Å². The largest absolute Gasteiger partial charge is 0.399 e. The highest BCUT2D eigenvalue weighted by molar-refractivity contribution is 7.82. The molecule has 1 fully saturated rings. The van der Waals surface area contributed by atoms with E-state index in [1.807, 2.05) is 16.4 Å². The first kappa shape index (κ1) is 9.68. The number of hydrogen-bond donors (Lipinski definition) is 1. The zero-order valence-corrected chi connectivity index (χ0v) is 8.80. The molecule has 3 nitrogen and oxygen atoms in total. The van der Waals surface area contributed by atoms with E-state index in [0.29, 0.717) is 5.69 Å². The summed E-state index contributed by atoms with van der Waals surface area (Å²) >= 11 is 0. The minimum atomic E-state index is -0.989. The maximum atomic E-state index is 12.0. The van der Waals surface area contributed by atoms with Gasteiger partial charge in [-0.3, -0.25) is 0 Å². The molecule has 1 aliphatic rings. The number of nitrogens with zero attached hydrogens (tertiary/aromatic N) is 1. The molecule has 0 radical (unpaired) electrons. The number of rotatable bonds is 2. The summed E-state index contributed by atoms with van der Waals surface area (Å²) in [5.74, 6) is 0. The highest BCUT2D eigenvalue weighted by atomic mass is 32.2. The quantitative estimate of drug-likeness (QED) is 0.750. The monoisotopic (exact) mass is 210 g/mol. The number of hydrogen-bond acceptors (Lipinski definition) is 2. The average molecular weight is 210 g/mol. The molecule has 76 valence electrons. The first-order valence-corrected chi connectivity index (χ1v) is 5.90. The van der Waals surface area contributed by atoms with Crippen molar-refractivity contribution in [2.24, 2.45) is 0 Å². The van der Waals surface area contributed by atoms with Gasteiger partial charge >= 0.3 is 0 Å². The third-order valence-electron chi connectivity index (χ3n) is 2.38. The minimum Gasteiger partial charge on any atom is -0.399 e. The number of benzene rings is 1. The van der Waals surface area contributed by atoms with Crippen LogP contribution >= 0.6 is 0 Å². The fraction of sp³-hybridized carbons (Fsp3) is 0.400. The van der Waals surface area contributed by atoms with E-state index in [9.17, 15) is 4.21 Å². The summed E-state index contributed by atoms with van der Waals surface area (Å²) in [6.45, 7) is 1.88. The van der Waals surface area contributed by atoms with Crippen molar-refractivity contribution < 1.29 is 4.21 Å². The topological polar surface area (TPSA) is 46.3 Å². The molecule has 4 heteroatoms. The number of nitrogens with two attached hydrogens (primary N) is 1. The molecule has 1 aromatic rings. The average Bonchev–Trinajstić information content (AvgIpc) is 2.71. The second-order valence-electron chi connectivity index (χ2n) is 3.45. The van der Waals surface area contributed by atoms with Gasteiger partial charge in [-0.05, 0) is 37.1 Å². The molecule has 1 heterocycles. The van der Waals surface area contributed by atoms with E-state index < -0.39 is 11.0 Å². The minimum absolute atomic E-state index is 0.715. The Morgan fingerprint density at radius 3 is 2.29 bits per heavy atom. The lowest BCUT2D eigenvalue weighted by Gasteiger charge is -2.13. The summed E-state index contributed by atoms with van der Waals surface area (Å²) < 4.78 is 14.0. The molecule has 0 bridgehead atoms. The molecule has 0 amide bonds. The van der Waals surface area contributed by atoms with Crippen molar-refractivity contribution in [1.29, 1.82) is 0 Å². The summed E-state index contributed by atoms with van der Waals surface area (Å²) in [6.07, 6.45) is 2.31. The van der Waals surface area contributed by atoms with Crippen molar-refractivity contribution in [3.05, 3.63) is 24.3 Å². The van der Waals surface area contributed by atoms with Crippen molar-refractivity contribution in [2.75, 3.05) is 18.8 Å². The normalized spacial score (nSPS) is 19.7. The van der Waals surface area contributed by atoms with Crippen LogP contribution in [0.5, 0.6) is 0 Å². The first-order valence-electron chi connectivity index (χ1n) is 4.80. The lowest BCUT2D eigenvalue weighted by Crippen LogP contribution is -2.21. The van der Waals surface area contributed by atoms with Crippen LogP contribution in [0.2, 0.25) is 0 Å². The highest BCUT2D eigenvalue weighted by Crippen LogP contribution is 2.17. The molecule has 1 aromatic carbocycles. The molecular formula is C10H14N2OS. The van der Waals surface area contributed by atoms with E-state index in [1.165, 1.54) is 0 Å². The Balaban J connectivity index is 2.14. The predicted octanol–water partition coefficient (Wildman–Crippen LogP) is 1.39. The van der Waals surface area contributed by atoms with Crippen molar-refractivity contribution in [1.82, 2.24) is 4.31 Å². The SMILES string of the molecule is Nc1ccc(S(=O)N2CCCC2)cc1. The molecule has 1 atom stereocenters. The van der Waals surface area contributed by atoms with Gasteiger partial charge in [0.05, 0.1) is 4.90 Å². The van der Waals surface area contributed by atoms with Crippen molar-refractivity contribution >= 4 is 16.7 Å². The van der Waals surface area contributed by atoms with Crippen LogP contribution in [0.1, 0.15) is 12.8 Å². The molecule has 1 aliphatic heterocycles. The Labute approximate surface area is 86.5 Å². The predicted molar refractivity (Wildman–Crippen MR) is 58.1 cm³/mol. The molecule has 0 saturated carbocycles. The van der Waals surface area contributed by atoms with Gasteiger partial charge in [0, 0.05) is 18.8 Å². The van der Waals surface area contributed by atoms with Crippen LogP contribution in [0.4, 0.5) is 5.69 Å². The first-order chi connectivity index (χ1) is 6.77. The van der Waals surface area contributed by atoms with Crippen molar-refractivity contribution in [3.8, 4) is 0 Å². The summed E-state index contributed by atoms with van der Waals surface area (Å²) in [6, 6.07) is 7.26. The van der Waals surface area contributed by atoms with Crippen molar-refractivity contribution in [2.45, 2.75) is 17.7 Å². The molecule has 2 rings (SSSR count). The highest BCUT2D eigenvalue weighted by Gasteiger charge is 2.18. The maximum absolute atomic E-state index is 12.0. The molecule has 2 N–H and O–H groups in total. The van der Waals surface area contributed by atoms with Gasteiger partial charge in [-0.15, -0.1) is 0 Å². The second-order valence-corrected chi connectivity index (χ2v) is 4.94. The third kappa shape index (κ3) is 1.96. The van der Waals surface area contributed by atoms with Gasteiger partial charge in [0.1, 0.15) is 11.0 Å². The third-order valence-corrected chi connectivity index (χ3v) is 3.89. The van der Waals surface area contributed by atoms with E-state index >= 15 is 0 Å². The van der Waals surface area contributed by atoms with Crippen LogP contribution in [0, 0.1) is 0 Å². The Morgan fingerprint density at radius 1 is 1.14 bits per heavy atom. The molecule has 14 heavy (non-hydrogen) atoms. The Hall–Kier alpha value is -0.870. The number of anilines is 1. The zero-order chi connectivity index (χ0) is 9.97. The Bertz CT molecular complexity index is 330. The molecule has 0 aliphatic carbocycles. The fourth-order valence-electron chi connectivity index (χ4n) is 1.59. The number of nitrogen functional groups attached to an aromatic ring is 1.